The molecule has 1 aliphatic rings. The first kappa shape index (κ1) is 19.4. The van der Waals surface area contributed by atoms with Crippen LogP contribution in [-0.4, -0.2) is 64.7 Å². The van der Waals surface area contributed by atoms with Gasteiger partial charge in [0.25, 0.3) is 15.9 Å². The van der Waals surface area contributed by atoms with Gasteiger partial charge < -0.3 is 9.88 Å². The number of fused-ring (bicyclic) bond motifs is 2. The van der Waals surface area contributed by atoms with Crippen LogP contribution >= 0.6 is 22.9 Å². The van der Waals surface area contributed by atoms with Crippen LogP contribution in [-0.2, 0) is 10.0 Å². The van der Waals surface area contributed by atoms with Crippen molar-refractivity contribution in [3.05, 3.63) is 52.8 Å². The Labute approximate surface area is 181 Å². The number of carbonyl (C=O) groups is 1. The van der Waals surface area contributed by atoms with Gasteiger partial charge in [-0.25, -0.2) is 13.4 Å². The molecule has 0 saturated carbocycles. The molecule has 11 heteroatoms. The number of thiazole rings is 1. The van der Waals surface area contributed by atoms with E-state index in [0.29, 0.717) is 28.6 Å². The third kappa shape index (κ3) is 3.35. The fourth-order valence-electron chi connectivity index (χ4n) is 3.49. The zero-order chi connectivity index (χ0) is 20.9. The summed E-state index contributed by atoms with van der Waals surface area (Å²) >= 11 is 7.29. The summed E-state index contributed by atoms with van der Waals surface area (Å²) in [5.74, 6) is -0.187. The molecule has 0 unspecified atom stereocenters. The first-order valence-corrected chi connectivity index (χ1v) is 11.8. The molecule has 154 valence electrons. The summed E-state index contributed by atoms with van der Waals surface area (Å²) in [6.45, 7) is 1.05. The summed E-state index contributed by atoms with van der Waals surface area (Å²) in [7, 11) is -3.70. The Morgan fingerprint density at radius 3 is 2.70 bits per heavy atom. The first-order chi connectivity index (χ1) is 14.4. The lowest BCUT2D eigenvalue weighted by molar-refractivity contribution is 0.0697. The fraction of sp³-hybridized carbons (Fsp3) is 0.211. The zero-order valence-corrected chi connectivity index (χ0v) is 18.0. The predicted octanol–water partition coefficient (Wildman–Crippen LogP) is 2.97. The van der Waals surface area contributed by atoms with Crippen LogP contribution < -0.4 is 0 Å². The van der Waals surface area contributed by atoms with Crippen LogP contribution in [0.4, 0.5) is 0 Å². The number of nitrogens with zero attached hydrogens (tertiary/aromatic N) is 4. The summed E-state index contributed by atoms with van der Waals surface area (Å²) in [5.41, 5.74) is 1.44. The molecule has 0 aliphatic carbocycles. The van der Waals surface area contributed by atoms with Crippen LogP contribution in [0.3, 0.4) is 0 Å². The van der Waals surface area contributed by atoms with Crippen molar-refractivity contribution in [2.45, 2.75) is 5.03 Å². The minimum atomic E-state index is -3.70. The summed E-state index contributed by atoms with van der Waals surface area (Å²) in [5, 5.41) is 1.79. The fourth-order valence-corrected chi connectivity index (χ4v) is 6.01. The number of hydrogen-bond donors (Lipinski definition) is 1. The number of aromatic nitrogens is 3. The number of rotatable bonds is 3. The lowest BCUT2D eigenvalue weighted by atomic mass is 10.2. The number of sulfonamides is 1. The standard InChI is InChI=1S/C19H16ClN5O3S2/c20-13-1-2-14-12(9-13)10-17(22-14)30(27,28)25-7-5-24(6-8-25)19(26)18-23-15-3-4-21-11-16(15)29-18/h1-4,9-11,22H,5-8H2. The SMILES string of the molecule is O=C(c1nc2ccncc2s1)N1CCN(S(=O)(=O)c2cc3cc(Cl)ccc3[nH]2)CC1. The van der Waals surface area contributed by atoms with Gasteiger partial charge in [-0.2, -0.15) is 4.31 Å². The Morgan fingerprint density at radius 1 is 1.13 bits per heavy atom. The molecule has 1 aromatic carbocycles. The Morgan fingerprint density at radius 2 is 1.93 bits per heavy atom. The molecule has 0 radical (unpaired) electrons. The van der Waals surface area contributed by atoms with E-state index in [1.165, 1.54) is 15.6 Å². The average molecular weight is 462 g/mol. The van der Waals surface area contributed by atoms with E-state index in [2.05, 4.69) is 15.0 Å². The van der Waals surface area contributed by atoms with Gasteiger partial charge >= 0.3 is 0 Å². The second-order valence-electron chi connectivity index (χ2n) is 6.92. The van der Waals surface area contributed by atoms with Crippen molar-refractivity contribution in [1.82, 2.24) is 24.2 Å². The highest BCUT2D eigenvalue weighted by atomic mass is 35.5. The van der Waals surface area contributed by atoms with E-state index in [4.69, 9.17) is 11.6 Å². The Bertz CT molecular complexity index is 1340. The predicted molar refractivity (Wildman–Crippen MR) is 115 cm³/mol. The Hall–Kier alpha value is -2.53. The van der Waals surface area contributed by atoms with Crippen molar-refractivity contribution in [2.24, 2.45) is 0 Å². The van der Waals surface area contributed by atoms with Gasteiger partial charge in [0.05, 0.1) is 10.2 Å². The smallest absolute Gasteiger partial charge is 0.282 e. The second-order valence-corrected chi connectivity index (χ2v) is 10.3. The van der Waals surface area contributed by atoms with Crippen LogP contribution in [0.2, 0.25) is 5.02 Å². The number of carbonyl (C=O) groups excluding carboxylic acids is 1. The van der Waals surface area contributed by atoms with Crippen LogP contribution in [0.5, 0.6) is 0 Å². The van der Waals surface area contributed by atoms with Crippen LogP contribution in [0, 0.1) is 0 Å². The Kier molecular flexibility index (Phi) is 4.73. The van der Waals surface area contributed by atoms with Crippen LogP contribution in [0.25, 0.3) is 21.1 Å². The van der Waals surface area contributed by atoms with Gasteiger partial charge in [0, 0.05) is 54.5 Å². The number of halogens is 1. The van der Waals surface area contributed by atoms with Crippen molar-refractivity contribution in [1.29, 1.82) is 0 Å². The number of pyridine rings is 1. The summed E-state index contributed by atoms with van der Waals surface area (Å²) in [6.07, 6.45) is 3.32. The van der Waals surface area contributed by atoms with Crippen LogP contribution in [0.15, 0.2) is 47.8 Å². The number of piperazine rings is 1. The van der Waals surface area contributed by atoms with Gasteiger partial charge in [0.15, 0.2) is 5.01 Å². The van der Waals surface area contributed by atoms with Crippen molar-refractivity contribution < 1.29 is 13.2 Å². The van der Waals surface area contributed by atoms with Crippen molar-refractivity contribution >= 4 is 60.0 Å². The molecule has 0 spiro atoms. The van der Waals surface area contributed by atoms with E-state index >= 15 is 0 Å². The van der Waals surface area contributed by atoms with Crippen molar-refractivity contribution in [3.63, 3.8) is 0 Å². The molecule has 1 saturated heterocycles. The summed E-state index contributed by atoms with van der Waals surface area (Å²) < 4.78 is 28.3. The first-order valence-electron chi connectivity index (χ1n) is 9.20. The molecule has 1 aliphatic heterocycles. The van der Waals surface area contributed by atoms with Crippen molar-refractivity contribution in [2.75, 3.05) is 26.2 Å². The van der Waals surface area contributed by atoms with Crippen LogP contribution in [0.1, 0.15) is 9.80 Å². The molecular weight excluding hydrogens is 446 g/mol. The van der Waals surface area contributed by atoms with E-state index in [9.17, 15) is 13.2 Å². The highest BCUT2D eigenvalue weighted by Crippen LogP contribution is 2.26. The second kappa shape index (κ2) is 7.31. The minimum Gasteiger partial charge on any atom is -0.345 e. The normalized spacial score (nSPS) is 15.8. The van der Waals surface area contributed by atoms with Gasteiger partial charge in [0.2, 0.25) is 0 Å². The molecule has 1 amide bonds. The molecule has 4 heterocycles. The maximum absolute atomic E-state index is 13.0. The molecule has 3 aromatic heterocycles. The van der Waals surface area contributed by atoms with Gasteiger partial charge in [-0.05, 0) is 30.3 Å². The van der Waals surface area contributed by atoms with E-state index in [1.54, 1.807) is 47.6 Å². The lowest BCUT2D eigenvalue weighted by Gasteiger charge is -2.33. The Balaban J connectivity index is 1.32. The molecule has 8 nitrogen and oxygen atoms in total. The molecule has 0 atom stereocenters. The molecule has 4 aromatic rings. The number of H-pyrrole nitrogens is 1. The number of hydrogen-bond acceptors (Lipinski definition) is 6. The molecule has 1 N–H and O–H groups in total. The summed E-state index contributed by atoms with van der Waals surface area (Å²) in [6, 6.07) is 8.53. The highest BCUT2D eigenvalue weighted by molar-refractivity contribution is 7.89. The number of benzene rings is 1. The van der Waals surface area contributed by atoms with E-state index in [1.807, 2.05) is 0 Å². The highest BCUT2D eigenvalue weighted by Gasteiger charge is 2.32. The largest absolute Gasteiger partial charge is 0.345 e. The monoisotopic (exact) mass is 461 g/mol. The third-order valence-electron chi connectivity index (χ3n) is 5.08. The van der Waals surface area contributed by atoms with E-state index in [0.717, 1.165) is 15.6 Å². The van der Waals surface area contributed by atoms with Crippen molar-refractivity contribution in [3.8, 4) is 0 Å². The third-order valence-corrected chi connectivity index (χ3v) is 8.13. The quantitative estimate of drug-likeness (QED) is 0.505. The van der Waals surface area contributed by atoms with Gasteiger partial charge in [-0.3, -0.25) is 9.78 Å². The topological polar surface area (TPSA) is 99.3 Å². The van der Waals surface area contributed by atoms with Gasteiger partial charge in [-0.1, -0.05) is 11.6 Å². The maximum atomic E-state index is 13.0. The molecule has 1 fully saturated rings. The average Bonchev–Trinajstić information content (AvgIpc) is 3.37. The maximum Gasteiger partial charge on any atom is 0.282 e. The molecule has 0 bridgehead atoms. The number of nitrogens with one attached hydrogen (secondary N) is 1. The number of amides is 1. The summed E-state index contributed by atoms with van der Waals surface area (Å²) in [4.78, 5) is 25.8. The van der Waals surface area contributed by atoms with Gasteiger partial charge in [-0.15, -0.1) is 11.3 Å². The molecule has 30 heavy (non-hydrogen) atoms. The van der Waals surface area contributed by atoms with E-state index in [-0.39, 0.29) is 24.0 Å². The van der Waals surface area contributed by atoms with E-state index < -0.39 is 10.0 Å². The molecular formula is C19H16ClN5O3S2. The zero-order valence-electron chi connectivity index (χ0n) is 15.6. The van der Waals surface area contributed by atoms with Gasteiger partial charge in [0.1, 0.15) is 5.03 Å². The minimum absolute atomic E-state index is 0.123. The lowest BCUT2D eigenvalue weighted by Crippen LogP contribution is -2.50. The molecule has 5 rings (SSSR count). The number of aromatic amines is 1.